The maximum atomic E-state index is 7.37. The summed E-state index contributed by atoms with van der Waals surface area (Å²) in [6, 6.07) is 15.4. The van der Waals surface area contributed by atoms with Gasteiger partial charge in [0.25, 0.3) is 0 Å². The lowest BCUT2D eigenvalue weighted by molar-refractivity contribution is 0.306. The molecule has 0 aliphatic heterocycles. The minimum Gasteiger partial charge on any atom is -0.489 e. The third kappa shape index (κ3) is 3.46. The normalized spacial score (nSPS) is 10.1. The number of benzene rings is 2. The molecule has 0 aromatic heterocycles. The topological polar surface area (TPSA) is 59.1 Å². The van der Waals surface area contributed by atoms with Crippen molar-refractivity contribution >= 4 is 28.4 Å². The quantitative estimate of drug-likeness (QED) is 0.505. The Bertz CT molecular complexity index is 552. The van der Waals surface area contributed by atoms with Crippen LogP contribution in [-0.4, -0.2) is 5.84 Å². The van der Waals surface area contributed by atoms with Crippen LogP contribution >= 0.6 is 22.6 Å². The molecule has 0 radical (unpaired) electrons. The zero-order valence-electron chi connectivity index (χ0n) is 9.69. The molecule has 2 aromatic carbocycles. The van der Waals surface area contributed by atoms with Crippen LogP contribution in [0.5, 0.6) is 5.75 Å². The summed E-state index contributed by atoms with van der Waals surface area (Å²) in [7, 11) is 0. The first kappa shape index (κ1) is 12.9. The monoisotopic (exact) mass is 352 g/mol. The van der Waals surface area contributed by atoms with Crippen LogP contribution in [0.2, 0.25) is 0 Å². The number of amidine groups is 1. The minimum absolute atomic E-state index is 0.0507. The molecule has 18 heavy (non-hydrogen) atoms. The second-order valence-corrected chi connectivity index (χ2v) is 5.10. The molecule has 0 heterocycles. The highest BCUT2D eigenvalue weighted by molar-refractivity contribution is 14.1. The van der Waals surface area contributed by atoms with Crippen LogP contribution in [0.4, 0.5) is 0 Å². The van der Waals surface area contributed by atoms with E-state index < -0.39 is 0 Å². The first-order valence-corrected chi connectivity index (χ1v) is 6.55. The van der Waals surface area contributed by atoms with E-state index in [4.69, 9.17) is 15.9 Å². The fourth-order valence-corrected chi connectivity index (χ4v) is 1.86. The maximum absolute atomic E-state index is 7.37. The summed E-state index contributed by atoms with van der Waals surface area (Å²) in [5.41, 5.74) is 7.22. The predicted octanol–water partition coefficient (Wildman–Crippen LogP) is 3.15. The van der Waals surface area contributed by atoms with Crippen molar-refractivity contribution in [3.63, 3.8) is 0 Å². The van der Waals surface area contributed by atoms with Crippen LogP contribution in [0.3, 0.4) is 0 Å². The van der Waals surface area contributed by atoms with Crippen molar-refractivity contribution in [3.8, 4) is 5.75 Å². The molecule has 4 heteroatoms. The Kier molecular flexibility index (Phi) is 4.19. The van der Waals surface area contributed by atoms with Gasteiger partial charge in [0.05, 0.1) is 0 Å². The zero-order chi connectivity index (χ0) is 13.0. The number of nitrogens with one attached hydrogen (secondary N) is 1. The molecular formula is C14H13IN2O. The summed E-state index contributed by atoms with van der Waals surface area (Å²) in [6.45, 7) is 0.512. The molecule has 2 aromatic rings. The van der Waals surface area contributed by atoms with Gasteiger partial charge in [-0.3, -0.25) is 5.41 Å². The summed E-state index contributed by atoms with van der Waals surface area (Å²) in [6.07, 6.45) is 0. The Morgan fingerprint density at radius 2 is 1.89 bits per heavy atom. The van der Waals surface area contributed by atoms with Crippen LogP contribution in [0.1, 0.15) is 11.1 Å². The van der Waals surface area contributed by atoms with Gasteiger partial charge in [-0.1, -0.05) is 24.3 Å². The van der Waals surface area contributed by atoms with Crippen molar-refractivity contribution in [1.82, 2.24) is 0 Å². The van der Waals surface area contributed by atoms with Gasteiger partial charge in [-0.25, -0.2) is 0 Å². The van der Waals surface area contributed by atoms with Gasteiger partial charge < -0.3 is 10.5 Å². The van der Waals surface area contributed by atoms with E-state index in [2.05, 4.69) is 22.6 Å². The van der Waals surface area contributed by atoms with Crippen molar-refractivity contribution in [2.45, 2.75) is 6.61 Å². The number of hydrogen-bond donors (Lipinski definition) is 2. The zero-order valence-corrected chi connectivity index (χ0v) is 11.8. The van der Waals surface area contributed by atoms with E-state index >= 15 is 0 Å². The first-order chi connectivity index (χ1) is 8.65. The number of nitrogen functional groups attached to an aromatic ring is 1. The van der Waals surface area contributed by atoms with Gasteiger partial charge >= 0.3 is 0 Å². The molecule has 0 atom stereocenters. The Morgan fingerprint density at radius 1 is 1.17 bits per heavy atom. The van der Waals surface area contributed by atoms with Gasteiger partial charge in [-0.05, 0) is 52.4 Å². The van der Waals surface area contributed by atoms with Crippen LogP contribution in [-0.2, 0) is 6.61 Å². The molecule has 0 fully saturated rings. The molecule has 92 valence electrons. The molecular weight excluding hydrogens is 339 g/mol. The highest BCUT2D eigenvalue weighted by Gasteiger charge is 2.00. The van der Waals surface area contributed by atoms with Crippen molar-refractivity contribution in [3.05, 3.63) is 63.2 Å². The van der Waals surface area contributed by atoms with Crippen molar-refractivity contribution in [2.24, 2.45) is 5.73 Å². The highest BCUT2D eigenvalue weighted by Crippen LogP contribution is 2.15. The number of rotatable bonds is 4. The summed E-state index contributed by atoms with van der Waals surface area (Å²) < 4.78 is 6.87. The van der Waals surface area contributed by atoms with Crippen molar-refractivity contribution < 1.29 is 4.74 Å². The Balaban J connectivity index is 2.04. The SMILES string of the molecule is N=C(N)c1cccc(OCc2ccc(I)cc2)c1. The molecule has 3 nitrogen and oxygen atoms in total. The van der Waals surface area contributed by atoms with E-state index in [0.717, 1.165) is 11.3 Å². The van der Waals surface area contributed by atoms with Crippen LogP contribution in [0.25, 0.3) is 0 Å². The molecule has 0 amide bonds. The molecule has 2 rings (SSSR count). The summed E-state index contributed by atoms with van der Waals surface area (Å²) in [5.74, 6) is 0.774. The van der Waals surface area contributed by atoms with Gasteiger partial charge in [0, 0.05) is 9.13 Å². The molecule has 0 aliphatic carbocycles. The summed E-state index contributed by atoms with van der Waals surface area (Å²) >= 11 is 2.27. The third-order valence-corrected chi connectivity index (χ3v) is 3.18. The van der Waals surface area contributed by atoms with E-state index in [1.165, 1.54) is 3.57 Å². The largest absolute Gasteiger partial charge is 0.489 e. The highest BCUT2D eigenvalue weighted by atomic mass is 127. The molecule has 0 saturated carbocycles. The Morgan fingerprint density at radius 3 is 2.56 bits per heavy atom. The van der Waals surface area contributed by atoms with E-state index in [-0.39, 0.29) is 5.84 Å². The van der Waals surface area contributed by atoms with Gasteiger partial charge in [0.15, 0.2) is 0 Å². The van der Waals surface area contributed by atoms with Crippen LogP contribution in [0.15, 0.2) is 48.5 Å². The van der Waals surface area contributed by atoms with Gasteiger partial charge in [0.2, 0.25) is 0 Å². The molecule has 0 saturated heterocycles. The summed E-state index contributed by atoms with van der Waals surface area (Å²) in [5, 5.41) is 7.37. The van der Waals surface area contributed by atoms with E-state index in [1.807, 2.05) is 36.4 Å². The summed E-state index contributed by atoms with van der Waals surface area (Å²) in [4.78, 5) is 0. The molecule has 0 bridgehead atoms. The number of hydrogen-bond acceptors (Lipinski definition) is 2. The van der Waals surface area contributed by atoms with Crippen LogP contribution < -0.4 is 10.5 Å². The lowest BCUT2D eigenvalue weighted by atomic mass is 10.2. The minimum atomic E-state index is 0.0507. The fourth-order valence-electron chi connectivity index (χ4n) is 1.50. The molecule has 3 N–H and O–H groups in total. The lowest BCUT2D eigenvalue weighted by Crippen LogP contribution is -2.10. The number of ether oxygens (including phenoxy) is 1. The smallest absolute Gasteiger partial charge is 0.122 e. The second-order valence-electron chi connectivity index (χ2n) is 3.86. The second kappa shape index (κ2) is 5.86. The molecule has 0 spiro atoms. The fraction of sp³-hybridized carbons (Fsp3) is 0.0714. The average Bonchev–Trinajstić information content (AvgIpc) is 2.38. The van der Waals surface area contributed by atoms with Gasteiger partial charge in [0.1, 0.15) is 18.2 Å². The van der Waals surface area contributed by atoms with Crippen LogP contribution in [0, 0.1) is 8.98 Å². The van der Waals surface area contributed by atoms with Crippen molar-refractivity contribution in [1.29, 1.82) is 5.41 Å². The van der Waals surface area contributed by atoms with E-state index in [0.29, 0.717) is 12.2 Å². The van der Waals surface area contributed by atoms with Gasteiger partial charge in [-0.2, -0.15) is 0 Å². The third-order valence-electron chi connectivity index (χ3n) is 2.46. The predicted molar refractivity (Wildman–Crippen MR) is 80.9 cm³/mol. The Labute approximate surface area is 120 Å². The standard InChI is InChI=1S/C14H13IN2O/c15-12-6-4-10(5-7-12)9-18-13-3-1-2-11(8-13)14(16)17/h1-8H,9H2,(H3,16,17). The number of nitrogens with two attached hydrogens (primary N) is 1. The van der Waals surface area contributed by atoms with E-state index in [9.17, 15) is 0 Å². The maximum Gasteiger partial charge on any atom is 0.122 e. The van der Waals surface area contributed by atoms with Gasteiger partial charge in [-0.15, -0.1) is 0 Å². The van der Waals surface area contributed by atoms with Crippen molar-refractivity contribution in [2.75, 3.05) is 0 Å². The van der Waals surface area contributed by atoms with E-state index in [1.54, 1.807) is 12.1 Å². The average molecular weight is 352 g/mol. The Hall–Kier alpha value is -1.56. The lowest BCUT2D eigenvalue weighted by Gasteiger charge is -2.07. The molecule has 0 unspecified atom stereocenters. The first-order valence-electron chi connectivity index (χ1n) is 5.47. The number of halogens is 1. The molecule has 0 aliphatic rings.